The van der Waals surface area contributed by atoms with Crippen molar-refractivity contribution in [1.82, 2.24) is 4.98 Å². The number of pyridine rings is 1. The van der Waals surface area contributed by atoms with E-state index in [4.69, 9.17) is 0 Å². The van der Waals surface area contributed by atoms with Gasteiger partial charge in [-0.2, -0.15) is 0 Å². The molecule has 0 saturated carbocycles. The number of alkyl halides is 3. The smallest absolute Gasteiger partial charge is 0.258 e. The number of rotatable bonds is 3. The van der Waals surface area contributed by atoms with E-state index in [0.29, 0.717) is 0 Å². The Labute approximate surface area is 92.6 Å². The van der Waals surface area contributed by atoms with Crippen LogP contribution in [0.4, 0.5) is 14.5 Å². The van der Waals surface area contributed by atoms with Gasteiger partial charge in [0.15, 0.2) is 0 Å². The van der Waals surface area contributed by atoms with Gasteiger partial charge in [0.05, 0.1) is 16.2 Å². The fourth-order valence-corrected chi connectivity index (χ4v) is 1.43. The van der Waals surface area contributed by atoms with E-state index >= 15 is 0 Å². The molecule has 1 rings (SSSR count). The maximum absolute atomic E-state index is 12.5. The van der Waals surface area contributed by atoms with Crippen LogP contribution >= 0.6 is 15.9 Å². The quantitative estimate of drug-likeness (QED) is 0.486. The van der Waals surface area contributed by atoms with E-state index in [0.717, 1.165) is 0 Å². The zero-order chi connectivity index (χ0) is 11.6. The first kappa shape index (κ1) is 12.0. The van der Waals surface area contributed by atoms with Gasteiger partial charge in [-0.05, 0) is 6.92 Å². The Morgan fingerprint density at radius 3 is 2.67 bits per heavy atom. The molecule has 0 unspecified atom stereocenters. The van der Waals surface area contributed by atoms with Gasteiger partial charge in [-0.25, -0.2) is 8.78 Å². The molecule has 0 fully saturated rings. The molecule has 0 spiro atoms. The molecule has 1 aromatic heterocycles. The third-order valence-electron chi connectivity index (χ3n) is 1.88. The van der Waals surface area contributed by atoms with Crippen LogP contribution in [0, 0.1) is 17.0 Å². The molecule has 0 atom stereocenters. The molecular formula is C8H7BrF2N2O2. The third kappa shape index (κ3) is 2.47. The topological polar surface area (TPSA) is 56.0 Å². The Morgan fingerprint density at radius 1 is 1.67 bits per heavy atom. The van der Waals surface area contributed by atoms with Crippen LogP contribution in [0.25, 0.3) is 0 Å². The summed E-state index contributed by atoms with van der Waals surface area (Å²) in [6.07, 6.45) is -2.80. The van der Waals surface area contributed by atoms with Crippen LogP contribution in [0.2, 0.25) is 0 Å². The normalized spacial score (nSPS) is 10.7. The average Bonchev–Trinajstić information content (AvgIpc) is 2.17. The molecule has 4 nitrogen and oxygen atoms in total. The second-order valence-electron chi connectivity index (χ2n) is 2.83. The van der Waals surface area contributed by atoms with Crippen molar-refractivity contribution in [2.24, 2.45) is 0 Å². The molecule has 0 saturated heterocycles. The van der Waals surface area contributed by atoms with Crippen LogP contribution in [-0.4, -0.2) is 9.91 Å². The van der Waals surface area contributed by atoms with Gasteiger partial charge in [-0.1, -0.05) is 15.9 Å². The van der Waals surface area contributed by atoms with Gasteiger partial charge < -0.3 is 0 Å². The van der Waals surface area contributed by atoms with Gasteiger partial charge in [0.25, 0.3) is 12.1 Å². The van der Waals surface area contributed by atoms with Crippen molar-refractivity contribution < 1.29 is 13.7 Å². The van der Waals surface area contributed by atoms with Gasteiger partial charge in [0, 0.05) is 11.4 Å². The molecule has 0 aliphatic heterocycles. The summed E-state index contributed by atoms with van der Waals surface area (Å²) in [5.74, 6) is 0. The van der Waals surface area contributed by atoms with Gasteiger partial charge in [0.2, 0.25) is 0 Å². The van der Waals surface area contributed by atoms with Gasteiger partial charge >= 0.3 is 0 Å². The molecule has 0 aliphatic rings. The molecule has 0 bridgehead atoms. The number of nitrogens with zero attached hydrogens (tertiary/aromatic N) is 2. The van der Waals surface area contributed by atoms with Crippen LogP contribution in [0.1, 0.15) is 23.4 Å². The number of halogens is 3. The summed E-state index contributed by atoms with van der Waals surface area (Å²) in [7, 11) is 0. The van der Waals surface area contributed by atoms with E-state index in [-0.39, 0.29) is 22.3 Å². The predicted molar refractivity (Wildman–Crippen MR) is 53.2 cm³/mol. The molecule has 0 amide bonds. The van der Waals surface area contributed by atoms with E-state index in [1.54, 1.807) is 0 Å². The third-order valence-corrected chi connectivity index (χ3v) is 2.45. The Balaban J connectivity index is 3.40. The van der Waals surface area contributed by atoms with E-state index < -0.39 is 17.0 Å². The SMILES string of the molecule is Cc1c([N+](=O)[O-])cc(CBr)nc1C(F)F. The number of hydrogen-bond acceptors (Lipinski definition) is 3. The summed E-state index contributed by atoms with van der Waals surface area (Å²) in [5, 5.41) is 10.8. The van der Waals surface area contributed by atoms with Crippen LogP contribution in [0.5, 0.6) is 0 Å². The zero-order valence-corrected chi connectivity index (χ0v) is 9.29. The average molecular weight is 281 g/mol. The second kappa shape index (κ2) is 4.61. The highest BCUT2D eigenvalue weighted by molar-refractivity contribution is 9.08. The molecule has 0 radical (unpaired) electrons. The predicted octanol–water partition coefficient (Wildman–Crippen LogP) is 3.13. The van der Waals surface area contributed by atoms with E-state index in [2.05, 4.69) is 20.9 Å². The molecule has 7 heteroatoms. The molecule has 1 aromatic rings. The summed E-state index contributed by atoms with van der Waals surface area (Å²) in [6, 6.07) is 1.19. The molecule has 82 valence electrons. The Hall–Kier alpha value is -1.11. The lowest BCUT2D eigenvalue weighted by molar-refractivity contribution is -0.385. The Bertz CT molecular complexity index is 398. The Kier molecular flexibility index (Phi) is 3.67. The van der Waals surface area contributed by atoms with E-state index in [1.165, 1.54) is 13.0 Å². The standard InChI is InChI=1S/C8H7BrF2N2O2/c1-4-6(13(14)15)2-5(3-9)12-7(4)8(10)11/h2,8H,3H2,1H3. The minimum atomic E-state index is -2.80. The first-order valence-electron chi connectivity index (χ1n) is 3.96. The van der Waals surface area contributed by atoms with Crippen molar-refractivity contribution in [3.05, 3.63) is 33.1 Å². The lowest BCUT2D eigenvalue weighted by atomic mass is 10.1. The molecule has 1 heterocycles. The molecule has 15 heavy (non-hydrogen) atoms. The van der Waals surface area contributed by atoms with Crippen molar-refractivity contribution in [1.29, 1.82) is 0 Å². The maximum Gasteiger partial charge on any atom is 0.280 e. The summed E-state index contributed by atoms with van der Waals surface area (Å²) < 4.78 is 25.0. The second-order valence-corrected chi connectivity index (χ2v) is 3.40. The number of nitro groups is 1. The fourth-order valence-electron chi connectivity index (χ4n) is 1.14. The Morgan fingerprint density at radius 2 is 2.27 bits per heavy atom. The zero-order valence-electron chi connectivity index (χ0n) is 7.71. The van der Waals surface area contributed by atoms with Gasteiger partial charge in [0.1, 0.15) is 5.69 Å². The fraction of sp³-hybridized carbons (Fsp3) is 0.375. The highest BCUT2D eigenvalue weighted by Gasteiger charge is 2.22. The lowest BCUT2D eigenvalue weighted by Crippen LogP contribution is -2.03. The minimum Gasteiger partial charge on any atom is -0.258 e. The molecule has 0 aromatic carbocycles. The largest absolute Gasteiger partial charge is 0.280 e. The van der Waals surface area contributed by atoms with Crippen LogP contribution < -0.4 is 0 Å². The number of aromatic nitrogens is 1. The van der Waals surface area contributed by atoms with Crippen molar-refractivity contribution >= 4 is 21.6 Å². The van der Waals surface area contributed by atoms with Gasteiger partial charge in [-0.15, -0.1) is 0 Å². The first-order chi connectivity index (χ1) is 6.97. The van der Waals surface area contributed by atoms with Crippen LogP contribution in [0.15, 0.2) is 6.07 Å². The summed E-state index contributed by atoms with van der Waals surface area (Å²) in [5.41, 5.74) is -0.712. The van der Waals surface area contributed by atoms with Gasteiger partial charge in [-0.3, -0.25) is 15.1 Å². The van der Waals surface area contributed by atoms with Crippen molar-refractivity contribution in [3.8, 4) is 0 Å². The molecular weight excluding hydrogens is 274 g/mol. The van der Waals surface area contributed by atoms with Crippen molar-refractivity contribution in [2.75, 3.05) is 0 Å². The van der Waals surface area contributed by atoms with Crippen LogP contribution in [-0.2, 0) is 5.33 Å². The van der Waals surface area contributed by atoms with Crippen molar-refractivity contribution in [2.45, 2.75) is 18.7 Å². The summed E-state index contributed by atoms with van der Waals surface area (Å²) in [6.45, 7) is 1.27. The monoisotopic (exact) mass is 280 g/mol. The highest BCUT2D eigenvalue weighted by Crippen LogP contribution is 2.28. The van der Waals surface area contributed by atoms with Crippen LogP contribution in [0.3, 0.4) is 0 Å². The summed E-state index contributed by atoms with van der Waals surface area (Å²) >= 11 is 3.02. The lowest BCUT2D eigenvalue weighted by Gasteiger charge is -2.06. The summed E-state index contributed by atoms with van der Waals surface area (Å²) in [4.78, 5) is 13.5. The highest BCUT2D eigenvalue weighted by atomic mass is 79.9. The van der Waals surface area contributed by atoms with E-state index in [9.17, 15) is 18.9 Å². The van der Waals surface area contributed by atoms with E-state index in [1.807, 2.05) is 0 Å². The minimum absolute atomic E-state index is 0.0836. The molecule has 0 N–H and O–H groups in total. The molecule has 0 aliphatic carbocycles. The number of hydrogen-bond donors (Lipinski definition) is 0. The first-order valence-corrected chi connectivity index (χ1v) is 5.08. The van der Waals surface area contributed by atoms with Crippen molar-refractivity contribution in [3.63, 3.8) is 0 Å². The maximum atomic E-state index is 12.5.